The lowest BCUT2D eigenvalue weighted by Gasteiger charge is -2.26. The van der Waals surface area contributed by atoms with Gasteiger partial charge in [-0.2, -0.15) is 0 Å². The number of carbonyl (C=O) groups is 1. The lowest BCUT2D eigenvalue weighted by molar-refractivity contribution is -0.145. The molecule has 0 amide bonds. The molecule has 1 unspecified atom stereocenters. The van der Waals surface area contributed by atoms with Crippen molar-refractivity contribution < 1.29 is 15.0 Å². The van der Waals surface area contributed by atoms with E-state index in [1.54, 1.807) is 0 Å². The number of rotatable bonds is 5. The molecule has 0 fully saturated rings. The summed E-state index contributed by atoms with van der Waals surface area (Å²) >= 11 is 0. The molecule has 1 atom stereocenters. The zero-order valence-electron chi connectivity index (χ0n) is 9.47. The molecule has 16 heavy (non-hydrogen) atoms. The van der Waals surface area contributed by atoms with Crippen LogP contribution in [0, 0.1) is 0 Å². The fourth-order valence-corrected chi connectivity index (χ4v) is 1.46. The number of carboxylic acids is 1. The van der Waals surface area contributed by atoms with Gasteiger partial charge in [-0.1, -0.05) is 30.3 Å². The summed E-state index contributed by atoms with van der Waals surface area (Å²) in [5, 5.41) is 21.5. The lowest BCUT2D eigenvalue weighted by atomic mass is 9.99. The molecule has 0 saturated carbocycles. The molecular weight excluding hydrogens is 206 g/mol. The normalized spacial score (nSPS) is 13.4. The summed E-state index contributed by atoms with van der Waals surface area (Å²) in [4.78, 5) is 10.9. The second-order valence-electron chi connectivity index (χ2n) is 4.29. The standard InChI is InChI=1S/C12H17NO3/c1-12(2,16)10(11(14)15)13-8-9-6-4-3-5-7-9/h3-7,10,13,16H,8H2,1-2H3,(H,14,15). The Hall–Kier alpha value is -1.39. The van der Waals surface area contributed by atoms with Crippen molar-refractivity contribution in [3.05, 3.63) is 35.9 Å². The van der Waals surface area contributed by atoms with Gasteiger partial charge in [0.1, 0.15) is 6.04 Å². The van der Waals surface area contributed by atoms with Crippen LogP contribution >= 0.6 is 0 Å². The molecule has 0 radical (unpaired) electrons. The molecule has 0 aromatic heterocycles. The molecular formula is C12H17NO3. The summed E-state index contributed by atoms with van der Waals surface area (Å²) in [6, 6.07) is 8.49. The van der Waals surface area contributed by atoms with E-state index in [-0.39, 0.29) is 0 Å². The smallest absolute Gasteiger partial charge is 0.323 e. The number of hydrogen-bond donors (Lipinski definition) is 3. The maximum Gasteiger partial charge on any atom is 0.323 e. The van der Waals surface area contributed by atoms with Crippen molar-refractivity contribution in [2.45, 2.75) is 32.0 Å². The molecule has 4 heteroatoms. The van der Waals surface area contributed by atoms with E-state index in [4.69, 9.17) is 5.11 Å². The van der Waals surface area contributed by atoms with Crippen LogP contribution in [0.4, 0.5) is 0 Å². The highest BCUT2D eigenvalue weighted by Gasteiger charge is 2.32. The van der Waals surface area contributed by atoms with Crippen molar-refractivity contribution >= 4 is 5.97 Å². The van der Waals surface area contributed by atoms with Crippen LogP contribution in [-0.2, 0) is 11.3 Å². The topological polar surface area (TPSA) is 69.6 Å². The zero-order chi connectivity index (χ0) is 12.2. The van der Waals surface area contributed by atoms with Crippen LogP contribution in [0.25, 0.3) is 0 Å². The zero-order valence-corrected chi connectivity index (χ0v) is 9.47. The van der Waals surface area contributed by atoms with Gasteiger partial charge in [-0.05, 0) is 19.4 Å². The van der Waals surface area contributed by atoms with Crippen LogP contribution in [0.2, 0.25) is 0 Å². The van der Waals surface area contributed by atoms with E-state index < -0.39 is 17.6 Å². The third-order valence-corrected chi connectivity index (χ3v) is 2.31. The molecule has 0 aliphatic carbocycles. The van der Waals surface area contributed by atoms with Gasteiger partial charge in [0.25, 0.3) is 0 Å². The quantitative estimate of drug-likeness (QED) is 0.696. The van der Waals surface area contributed by atoms with Gasteiger partial charge in [-0.3, -0.25) is 10.1 Å². The first-order chi connectivity index (χ1) is 7.41. The second-order valence-corrected chi connectivity index (χ2v) is 4.29. The van der Waals surface area contributed by atoms with Crippen molar-refractivity contribution in [1.29, 1.82) is 0 Å². The molecule has 0 aliphatic heterocycles. The number of aliphatic hydroxyl groups is 1. The first-order valence-electron chi connectivity index (χ1n) is 5.14. The maximum atomic E-state index is 10.9. The highest BCUT2D eigenvalue weighted by atomic mass is 16.4. The van der Waals surface area contributed by atoms with E-state index in [0.29, 0.717) is 6.54 Å². The van der Waals surface area contributed by atoms with Crippen molar-refractivity contribution in [2.75, 3.05) is 0 Å². The molecule has 0 heterocycles. The Bertz CT molecular complexity index is 343. The molecule has 1 rings (SSSR count). The molecule has 1 aromatic rings. The van der Waals surface area contributed by atoms with Gasteiger partial charge in [-0.25, -0.2) is 0 Å². The van der Waals surface area contributed by atoms with Crippen LogP contribution in [0.15, 0.2) is 30.3 Å². The van der Waals surface area contributed by atoms with Crippen molar-refractivity contribution in [3.63, 3.8) is 0 Å². The van der Waals surface area contributed by atoms with Crippen molar-refractivity contribution in [3.8, 4) is 0 Å². The third kappa shape index (κ3) is 3.64. The van der Waals surface area contributed by atoms with Crippen LogP contribution in [0.3, 0.4) is 0 Å². The Morgan fingerprint density at radius 1 is 1.38 bits per heavy atom. The molecule has 0 saturated heterocycles. The second kappa shape index (κ2) is 5.09. The van der Waals surface area contributed by atoms with E-state index >= 15 is 0 Å². The average molecular weight is 223 g/mol. The van der Waals surface area contributed by atoms with Gasteiger partial charge < -0.3 is 10.2 Å². The highest BCUT2D eigenvalue weighted by Crippen LogP contribution is 2.10. The summed E-state index contributed by atoms with van der Waals surface area (Å²) in [6.45, 7) is 3.37. The average Bonchev–Trinajstić information content (AvgIpc) is 2.17. The van der Waals surface area contributed by atoms with E-state index in [1.165, 1.54) is 13.8 Å². The first kappa shape index (κ1) is 12.7. The van der Waals surface area contributed by atoms with Gasteiger partial charge in [0.2, 0.25) is 0 Å². The Balaban J connectivity index is 2.62. The number of aliphatic carboxylic acids is 1. The molecule has 0 bridgehead atoms. The summed E-state index contributed by atoms with van der Waals surface area (Å²) in [7, 11) is 0. The minimum absolute atomic E-state index is 0.418. The first-order valence-corrected chi connectivity index (χ1v) is 5.14. The lowest BCUT2D eigenvalue weighted by Crippen LogP contribution is -2.51. The third-order valence-electron chi connectivity index (χ3n) is 2.31. The highest BCUT2D eigenvalue weighted by molar-refractivity contribution is 5.75. The number of hydrogen-bond acceptors (Lipinski definition) is 3. The van der Waals surface area contributed by atoms with E-state index in [1.807, 2.05) is 30.3 Å². The van der Waals surface area contributed by atoms with Gasteiger partial charge >= 0.3 is 5.97 Å². The minimum atomic E-state index is -1.29. The Kier molecular flexibility index (Phi) is 4.04. The van der Waals surface area contributed by atoms with E-state index in [0.717, 1.165) is 5.56 Å². The van der Waals surface area contributed by atoms with Crippen LogP contribution in [-0.4, -0.2) is 27.8 Å². The monoisotopic (exact) mass is 223 g/mol. The van der Waals surface area contributed by atoms with Crippen LogP contribution in [0.5, 0.6) is 0 Å². The van der Waals surface area contributed by atoms with Gasteiger partial charge in [-0.15, -0.1) is 0 Å². The van der Waals surface area contributed by atoms with Crippen LogP contribution < -0.4 is 5.32 Å². The van der Waals surface area contributed by atoms with E-state index in [2.05, 4.69) is 5.32 Å². The summed E-state index contributed by atoms with van der Waals surface area (Å²) < 4.78 is 0. The SMILES string of the molecule is CC(C)(O)C(NCc1ccccc1)C(=O)O. The molecule has 4 nitrogen and oxygen atoms in total. The summed E-state index contributed by atoms with van der Waals surface area (Å²) in [5.74, 6) is -1.05. The molecule has 0 spiro atoms. The summed E-state index contributed by atoms with van der Waals surface area (Å²) in [5.41, 5.74) is -0.307. The predicted octanol–water partition coefficient (Wildman–Crippen LogP) is 1.00. The largest absolute Gasteiger partial charge is 0.480 e. The van der Waals surface area contributed by atoms with Crippen molar-refractivity contribution in [2.24, 2.45) is 0 Å². The van der Waals surface area contributed by atoms with Gasteiger partial charge in [0.05, 0.1) is 5.60 Å². The molecule has 0 aliphatic rings. The predicted molar refractivity (Wildman–Crippen MR) is 61.0 cm³/mol. The maximum absolute atomic E-state index is 10.9. The number of nitrogens with one attached hydrogen (secondary N) is 1. The minimum Gasteiger partial charge on any atom is -0.480 e. The molecule has 1 aromatic carbocycles. The fraction of sp³-hybridized carbons (Fsp3) is 0.417. The van der Waals surface area contributed by atoms with Crippen molar-refractivity contribution in [1.82, 2.24) is 5.32 Å². The number of carboxylic acid groups (broad SMARTS) is 1. The molecule has 88 valence electrons. The number of benzene rings is 1. The Labute approximate surface area is 94.9 Å². The Morgan fingerprint density at radius 2 is 1.94 bits per heavy atom. The fourth-order valence-electron chi connectivity index (χ4n) is 1.46. The Morgan fingerprint density at radius 3 is 2.38 bits per heavy atom. The van der Waals surface area contributed by atoms with Gasteiger partial charge in [0.15, 0.2) is 0 Å². The van der Waals surface area contributed by atoms with Gasteiger partial charge in [0, 0.05) is 6.54 Å². The van der Waals surface area contributed by atoms with E-state index in [9.17, 15) is 9.90 Å². The van der Waals surface area contributed by atoms with Crippen LogP contribution in [0.1, 0.15) is 19.4 Å². The summed E-state index contributed by atoms with van der Waals surface area (Å²) in [6.07, 6.45) is 0. The molecule has 3 N–H and O–H groups in total.